The average molecular weight is 225 g/mol. The summed E-state index contributed by atoms with van der Waals surface area (Å²) in [7, 11) is 0. The topological polar surface area (TPSA) is 82.0 Å². The van der Waals surface area contributed by atoms with Crippen LogP contribution in [0.2, 0.25) is 0 Å². The van der Waals surface area contributed by atoms with E-state index in [1.54, 1.807) is 0 Å². The van der Waals surface area contributed by atoms with Gasteiger partial charge in [0.15, 0.2) is 11.5 Å². The highest BCUT2D eigenvalue weighted by molar-refractivity contribution is 5.54. The van der Waals surface area contributed by atoms with Crippen molar-refractivity contribution in [3.05, 3.63) is 12.1 Å². The van der Waals surface area contributed by atoms with Gasteiger partial charge in [0.25, 0.3) is 0 Å². The maximum Gasteiger partial charge on any atom is 0.203 e. The summed E-state index contributed by atoms with van der Waals surface area (Å²) < 4.78 is 5.50. The van der Waals surface area contributed by atoms with E-state index in [0.717, 1.165) is 31.5 Å². The second kappa shape index (κ2) is 4.49. The summed E-state index contributed by atoms with van der Waals surface area (Å²) in [5.74, 6) is -0.651. The minimum absolute atomic E-state index is 0.0338. The van der Waals surface area contributed by atoms with Crippen molar-refractivity contribution in [2.75, 3.05) is 13.1 Å². The predicted octanol–water partition coefficient (Wildman–Crippen LogP) is 0.934. The third-order valence-electron chi connectivity index (χ3n) is 2.57. The van der Waals surface area contributed by atoms with Crippen molar-refractivity contribution in [2.24, 2.45) is 0 Å². The molecule has 5 heteroatoms. The van der Waals surface area contributed by atoms with Crippen LogP contribution in [0.3, 0.4) is 0 Å². The molecule has 88 valence electrons. The molecule has 1 unspecified atom stereocenters. The molecule has 0 aliphatic carbocycles. The monoisotopic (exact) mass is 225 g/mol. The Kier molecular flexibility index (Phi) is 3.05. The number of phenols is 3. The zero-order valence-electron chi connectivity index (χ0n) is 8.81. The van der Waals surface area contributed by atoms with E-state index in [0.29, 0.717) is 6.54 Å². The van der Waals surface area contributed by atoms with Gasteiger partial charge in [0.2, 0.25) is 5.75 Å². The molecule has 0 aromatic heterocycles. The second-order valence-corrected chi connectivity index (χ2v) is 3.90. The Morgan fingerprint density at radius 3 is 2.44 bits per heavy atom. The molecule has 1 aliphatic heterocycles. The number of piperidine rings is 1. The number of aromatic hydroxyl groups is 3. The van der Waals surface area contributed by atoms with Gasteiger partial charge in [0, 0.05) is 18.7 Å². The van der Waals surface area contributed by atoms with Gasteiger partial charge in [-0.2, -0.15) is 0 Å². The van der Waals surface area contributed by atoms with Crippen LogP contribution in [-0.4, -0.2) is 34.5 Å². The summed E-state index contributed by atoms with van der Waals surface area (Å²) in [6.45, 7) is 1.66. The number of rotatable bonds is 2. The summed E-state index contributed by atoms with van der Waals surface area (Å²) >= 11 is 0. The highest BCUT2D eigenvalue weighted by Gasteiger charge is 2.19. The van der Waals surface area contributed by atoms with Crippen LogP contribution in [0.15, 0.2) is 12.1 Å². The molecule has 1 heterocycles. The van der Waals surface area contributed by atoms with Crippen LogP contribution in [0.1, 0.15) is 12.8 Å². The van der Waals surface area contributed by atoms with E-state index >= 15 is 0 Å². The molecule has 0 bridgehead atoms. The molecule has 0 radical (unpaired) electrons. The maximum atomic E-state index is 9.54. The third-order valence-corrected chi connectivity index (χ3v) is 2.57. The highest BCUT2D eigenvalue weighted by atomic mass is 16.5. The van der Waals surface area contributed by atoms with E-state index in [9.17, 15) is 10.2 Å². The number of benzene rings is 1. The van der Waals surface area contributed by atoms with Crippen LogP contribution in [0, 0.1) is 0 Å². The van der Waals surface area contributed by atoms with Gasteiger partial charge in [-0.3, -0.25) is 0 Å². The molecule has 1 aromatic rings. The third kappa shape index (κ3) is 2.30. The first-order valence-corrected chi connectivity index (χ1v) is 5.29. The fourth-order valence-electron chi connectivity index (χ4n) is 1.79. The largest absolute Gasteiger partial charge is 0.508 e. The molecule has 0 saturated carbocycles. The predicted molar refractivity (Wildman–Crippen MR) is 58.0 cm³/mol. The Hall–Kier alpha value is -1.62. The molecule has 5 nitrogen and oxygen atoms in total. The quantitative estimate of drug-likeness (QED) is 0.602. The van der Waals surface area contributed by atoms with Crippen LogP contribution in [-0.2, 0) is 0 Å². The van der Waals surface area contributed by atoms with Crippen molar-refractivity contribution < 1.29 is 20.1 Å². The first-order chi connectivity index (χ1) is 7.66. The molecule has 1 aliphatic rings. The fourth-order valence-corrected chi connectivity index (χ4v) is 1.79. The SMILES string of the molecule is Oc1cc(O)c(OC2CCCNC2)c(O)c1. The molecule has 2 rings (SSSR count). The molecule has 0 amide bonds. The summed E-state index contributed by atoms with van der Waals surface area (Å²) in [6, 6.07) is 2.29. The normalized spacial score (nSPS) is 20.6. The average Bonchev–Trinajstić information content (AvgIpc) is 2.25. The molecule has 1 atom stereocenters. The standard InChI is InChI=1S/C11H15NO4/c13-7-4-9(14)11(10(15)5-7)16-8-2-1-3-12-6-8/h4-5,8,12-15H,1-3,6H2. The van der Waals surface area contributed by atoms with E-state index in [1.165, 1.54) is 0 Å². The number of phenolic OH excluding ortho intramolecular Hbond substituents is 3. The van der Waals surface area contributed by atoms with Crippen LogP contribution in [0.4, 0.5) is 0 Å². The Morgan fingerprint density at radius 2 is 1.88 bits per heavy atom. The van der Waals surface area contributed by atoms with E-state index in [1.807, 2.05) is 0 Å². The minimum Gasteiger partial charge on any atom is -0.508 e. The van der Waals surface area contributed by atoms with E-state index in [2.05, 4.69) is 5.32 Å². The fraction of sp³-hybridized carbons (Fsp3) is 0.455. The highest BCUT2D eigenvalue weighted by Crippen LogP contribution is 2.40. The second-order valence-electron chi connectivity index (χ2n) is 3.90. The van der Waals surface area contributed by atoms with Crippen LogP contribution in [0.5, 0.6) is 23.0 Å². The zero-order chi connectivity index (χ0) is 11.5. The lowest BCUT2D eigenvalue weighted by molar-refractivity contribution is 0.156. The number of nitrogens with one attached hydrogen (secondary N) is 1. The molecule has 1 saturated heterocycles. The molecule has 16 heavy (non-hydrogen) atoms. The molecule has 1 fully saturated rings. The number of hydrogen-bond acceptors (Lipinski definition) is 5. The van der Waals surface area contributed by atoms with Crippen molar-refractivity contribution in [1.82, 2.24) is 5.32 Å². The van der Waals surface area contributed by atoms with Gasteiger partial charge in [-0.15, -0.1) is 0 Å². The first kappa shape index (κ1) is 10.9. The maximum absolute atomic E-state index is 9.54. The smallest absolute Gasteiger partial charge is 0.203 e. The van der Waals surface area contributed by atoms with E-state index in [-0.39, 0.29) is 29.1 Å². The van der Waals surface area contributed by atoms with Gasteiger partial charge in [-0.1, -0.05) is 0 Å². The van der Waals surface area contributed by atoms with Crippen LogP contribution < -0.4 is 10.1 Å². The molecule has 0 spiro atoms. The van der Waals surface area contributed by atoms with Gasteiger partial charge in [0.1, 0.15) is 11.9 Å². The Bertz CT molecular complexity index is 351. The lowest BCUT2D eigenvalue weighted by Gasteiger charge is -2.24. The van der Waals surface area contributed by atoms with Crippen molar-refractivity contribution in [3.8, 4) is 23.0 Å². The number of hydrogen-bond donors (Lipinski definition) is 4. The summed E-state index contributed by atoms with van der Waals surface area (Å²) in [5.41, 5.74) is 0. The van der Waals surface area contributed by atoms with Gasteiger partial charge in [0.05, 0.1) is 0 Å². The van der Waals surface area contributed by atoms with Crippen molar-refractivity contribution in [2.45, 2.75) is 18.9 Å². The summed E-state index contributed by atoms with van der Waals surface area (Å²) in [6.07, 6.45) is 1.83. The summed E-state index contributed by atoms with van der Waals surface area (Å²) in [5, 5.41) is 31.4. The van der Waals surface area contributed by atoms with E-state index in [4.69, 9.17) is 9.84 Å². The van der Waals surface area contributed by atoms with Crippen LogP contribution in [0.25, 0.3) is 0 Å². The Balaban J connectivity index is 2.14. The molecular formula is C11H15NO4. The van der Waals surface area contributed by atoms with Gasteiger partial charge < -0.3 is 25.4 Å². The molecule has 4 N–H and O–H groups in total. The molecular weight excluding hydrogens is 210 g/mol. The van der Waals surface area contributed by atoms with E-state index < -0.39 is 0 Å². The lowest BCUT2D eigenvalue weighted by Crippen LogP contribution is -2.37. The van der Waals surface area contributed by atoms with Crippen molar-refractivity contribution in [1.29, 1.82) is 0 Å². The van der Waals surface area contributed by atoms with Gasteiger partial charge >= 0.3 is 0 Å². The Morgan fingerprint density at radius 1 is 1.19 bits per heavy atom. The van der Waals surface area contributed by atoms with Crippen LogP contribution >= 0.6 is 0 Å². The zero-order valence-corrected chi connectivity index (χ0v) is 8.81. The molecule has 1 aromatic carbocycles. The van der Waals surface area contributed by atoms with Crippen molar-refractivity contribution in [3.63, 3.8) is 0 Å². The Labute approximate surface area is 93.3 Å². The first-order valence-electron chi connectivity index (χ1n) is 5.29. The summed E-state index contributed by atoms with van der Waals surface area (Å²) in [4.78, 5) is 0. The number of ether oxygens (including phenoxy) is 1. The van der Waals surface area contributed by atoms with Gasteiger partial charge in [-0.25, -0.2) is 0 Å². The van der Waals surface area contributed by atoms with Crippen molar-refractivity contribution >= 4 is 0 Å². The van der Waals surface area contributed by atoms with Gasteiger partial charge in [-0.05, 0) is 19.4 Å². The minimum atomic E-state index is -0.247. The lowest BCUT2D eigenvalue weighted by atomic mass is 10.1.